The van der Waals surface area contributed by atoms with Crippen LogP contribution < -0.4 is 5.32 Å². The van der Waals surface area contributed by atoms with Gasteiger partial charge in [0.2, 0.25) is 0 Å². The third-order valence-electron chi connectivity index (χ3n) is 5.56. The number of carboxylic acid groups (broad SMARTS) is 1. The summed E-state index contributed by atoms with van der Waals surface area (Å²) in [6.45, 7) is 1.26. The van der Waals surface area contributed by atoms with Crippen LogP contribution in [-0.2, 0) is 15.6 Å². The van der Waals surface area contributed by atoms with Crippen molar-refractivity contribution in [2.24, 2.45) is 11.3 Å². The molecule has 3 fully saturated rings. The Morgan fingerprint density at radius 1 is 1.38 bits per heavy atom. The first-order valence-corrected chi connectivity index (χ1v) is 9.05. The number of nitrogens with zero attached hydrogens (tertiary/aromatic N) is 1. The van der Waals surface area contributed by atoms with E-state index < -0.39 is 22.2 Å². The van der Waals surface area contributed by atoms with Crippen molar-refractivity contribution in [3.8, 4) is 0 Å². The number of urea groups is 1. The van der Waals surface area contributed by atoms with Crippen molar-refractivity contribution in [2.75, 3.05) is 25.9 Å². The number of carbonyl (C=O) groups is 2. The Labute approximate surface area is 126 Å². The van der Waals surface area contributed by atoms with E-state index in [1.54, 1.807) is 11.2 Å². The molecule has 0 radical (unpaired) electrons. The fraction of sp³-hybridized carbons (Fsp3) is 0.857. The molecule has 1 aliphatic heterocycles. The second-order valence-electron chi connectivity index (χ2n) is 6.73. The third-order valence-corrected chi connectivity index (χ3v) is 7.34. The summed E-state index contributed by atoms with van der Waals surface area (Å²) in [7, 11) is -0.930. The van der Waals surface area contributed by atoms with Gasteiger partial charge in [-0.05, 0) is 31.6 Å². The summed E-state index contributed by atoms with van der Waals surface area (Å²) in [5.41, 5.74) is -0.734. The van der Waals surface area contributed by atoms with Gasteiger partial charge >= 0.3 is 12.0 Å². The van der Waals surface area contributed by atoms with Gasteiger partial charge in [0, 0.05) is 36.7 Å². The molecule has 3 rings (SSSR count). The predicted octanol–water partition coefficient (Wildman–Crippen LogP) is 0.794. The number of nitrogens with one attached hydrogen (secondary N) is 1. The molecule has 1 saturated heterocycles. The van der Waals surface area contributed by atoms with Crippen LogP contribution in [0.2, 0.25) is 0 Å². The fourth-order valence-corrected chi connectivity index (χ4v) is 4.80. The van der Waals surface area contributed by atoms with Gasteiger partial charge in [0.1, 0.15) is 0 Å². The Hall–Kier alpha value is -1.11. The van der Waals surface area contributed by atoms with Crippen LogP contribution >= 0.6 is 0 Å². The molecule has 2 amide bonds. The van der Waals surface area contributed by atoms with Gasteiger partial charge in [-0.3, -0.25) is 9.00 Å². The van der Waals surface area contributed by atoms with E-state index in [0.29, 0.717) is 26.1 Å². The molecule has 1 unspecified atom stereocenters. The molecule has 1 heterocycles. The number of likely N-dealkylation sites (tertiary alicyclic amines) is 1. The van der Waals surface area contributed by atoms with Crippen molar-refractivity contribution in [1.29, 1.82) is 0 Å². The summed E-state index contributed by atoms with van der Waals surface area (Å²) in [6, 6.07) is -0.207. The summed E-state index contributed by atoms with van der Waals surface area (Å²) in [5.74, 6) is -0.690. The summed E-state index contributed by atoms with van der Waals surface area (Å²) < 4.78 is 11.4. The zero-order valence-corrected chi connectivity index (χ0v) is 13.1. The summed E-state index contributed by atoms with van der Waals surface area (Å²) in [6.07, 6.45) is 5.94. The zero-order valence-electron chi connectivity index (χ0n) is 12.3. The topological polar surface area (TPSA) is 86.7 Å². The highest BCUT2D eigenvalue weighted by molar-refractivity contribution is 7.86. The van der Waals surface area contributed by atoms with Crippen LogP contribution in [0, 0.1) is 11.3 Å². The number of hydrogen-bond acceptors (Lipinski definition) is 3. The SMILES string of the molecule is CS(=O)C1(CNC(=O)N2C[C@@H]3CCC[C@@]3(C(=O)O)C2)CC1. The maximum Gasteiger partial charge on any atom is 0.317 e. The van der Waals surface area contributed by atoms with Crippen LogP contribution in [0.4, 0.5) is 4.79 Å². The summed E-state index contributed by atoms with van der Waals surface area (Å²) >= 11 is 0. The number of fused-ring (bicyclic) bond motifs is 1. The lowest BCUT2D eigenvalue weighted by molar-refractivity contribution is -0.149. The van der Waals surface area contributed by atoms with Gasteiger partial charge in [-0.25, -0.2) is 4.79 Å². The Morgan fingerprint density at radius 2 is 2.10 bits per heavy atom. The average molecular weight is 314 g/mol. The van der Waals surface area contributed by atoms with Gasteiger partial charge < -0.3 is 15.3 Å². The Balaban J connectivity index is 1.60. The standard InChI is InChI=1S/C14H22N2O4S/c1-21(20)13(5-6-13)8-15-12(19)16-7-10-3-2-4-14(10,9-16)11(17)18/h10H,2-9H2,1H3,(H,15,19)(H,17,18)/t10-,14+,21?/m0/s1. The monoisotopic (exact) mass is 314 g/mol. The summed E-state index contributed by atoms with van der Waals surface area (Å²) in [4.78, 5) is 25.5. The maximum atomic E-state index is 12.3. The molecule has 21 heavy (non-hydrogen) atoms. The molecule has 2 saturated carbocycles. The smallest absolute Gasteiger partial charge is 0.317 e. The summed E-state index contributed by atoms with van der Waals surface area (Å²) in [5, 5.41) is 12.4. The van der Waals surface area contributed by atoms with Crippen molar-refractivity contribution < 1.29 is 18.9 Å². The quantitative estimate of drug-likeness (QED) is 0.803. The number of carboxylic acids is 1. The van der Waals surface area contributed by atoms with Gasteiger partial charge in [0.15, 0.2) is 0 Å². The van der Waals surface area contributed by atoms with Crippen molar-refractivity contribution in [1.82, 2.24) is 10.2 Å². The predicted molar refractivity (Wildman–Crippen MR) is 78.4 cm³/mol. The van der Waals surface area contributed by atoms with Gasteiger partial charge in [-0.2, -0.15) is 0 Å². The Kier molecular flexibility index (Phi) is 3.50. The van der Waals surface area contributed by atoms with E-state index in [2.05, 4.69) is 5.32 Å². The van der Waals surface area contributed by atoms with Crippen LogP contribution in [0.25, 0.3) is 0 Å². The molecule has 3 aliphatic rings. The molecule has 7 heteroatoms. The van der Waals surface area contributed by atoms with E-state index in [9.17, 15) is 18.9 Å². The van der Waals surface area contributed by atoms with Gasteiger partial charge in [-0.1, -0.05) is 6.42 Å². The Morgan fingerprint density at radius 3 is 2.62 bits per heavy atom. The van der Waals surface area contributed by atoms with Gasteiger partial charge in [0.05, 0.1) is 10.2 Å². The molecular weight excluding hydrogens is 292 g/mol. The number of hydrogen-bond donors (Lipinski definition) is 2. The maximum absolute atomic E-state index is 12.3. The van der Waals surface area contributed by atoms with Crippen molar-refractivity contribution >= 4 is 22.8 Å². The fourth-order valence-electron chi connectivity index (χ4n) is 3.85. The van der Waals surface area contributed by atoms with Crippen molar-refractivity contribution in [3.63, 3.8) is 0 Å². The van der Waals surface area contributed by atoms with E-state index in [0.717, 1.165) is 25.7 Å². The van der Waals surface area contributed by atoms with Crippen LogP contribution in [0.3, 0.4) is 0 Å². The van der Waals surface area contributed by atoms with Gasteiger partial charge in [-0.15, -0.1) is 0 Å². The molecule has 0 bridgehead atoms. The molecule has 0 aromatic heterocycles. The number of aliphatic carboxylic acids is 1. The van der Waals surface area contributed by atoms with Crippen LogP contribution in [-0.4, -0.2) is 56.9 Å². The highest BCUT2D eigenvalue weighted by Gasteiger charge is 2.56. The largest absolute Gasteiger partial charge is 0.481 e. The minimum atomic E-state index is -0.930. The molecule has 6 nitrogen and oxygen atoms in total. The molecular formula is C14H22N2O4S. The lowest BCUT2D eigenvalue weighted by Gasteiger charge is -2.24. The zero-order chi connectivity index (χ0) is 15.3. The average Bonchev–Trinajstić information content (AvgIpc) is 2.96. The van der Waals surface area contributed by atoms with E-state index >= 15 is 0 Å². The highest BCUT2D eigenvalue weighted by Crippen LogP contribution is 2.49. The first-order valence-electron chi connectivity index (χ1n) is 7.49. The van der Waals surface area contributed by atoms with Crippen molar-refractivity contribution in [2.45, 2.75) is 36.9 Å². The first-order chi connectivity index (χ1) is 9.90. The van der Waals surface area contributed by atoms with E-state index in [-0.39, 0.29) is 16.7 Å². The molecule has 2 aliphatic carbocycles. The van der Waals surface area contributed by atoms with Crippen LogP contribution in [0.1, 0.15) is 32.1 Å². The molecule has 2 N–H and O–H groups in total. The molecule has 0 aromatic carbocycles. The van der Waals surface area contributed by atoms with E-state index in [4.69, 9.17) is 0 Å². The van der Waals surface area contributed by atoms with Crippen molar-refractivity contribution in [3.05, 3.63) is 0 Å². The van der Waals surface area contributed by atoms with Crippen LogP contribution in [0.5, 0.6) is 0 Å². The third kappa shape index (κ3) is 2.35. The second-order valence-corrected chi connectivity index (χ2v) is 8.50. The lowest BCUT2D eigenvalue weighted by atomic mass is 9.81. The van der Waals surface area contributed by atoms with E-state index in [1.165, 1.54) is 0 Å². The molecule has 0 spiro atoms. The van der Waals surface area contributed by atoms with Crippen LogP contribution in [0.15, 0.2) is 0 Å². The minimum Gasteiger partial charge on any atom is -0.481 e. The van der Waals surface area contributed by atoms with Gasteiger partial charge in [0.25, 0.3) is 0 Å². The molecule has 0 aromatic rings. The second kappa shape index (κ2) is 4.97. The Bertz CT molecular complexity index is 505. The minimum absolute atomic E-state index is 0.0796. The first kappa shape index (κ1) is 14.8. The lowest BCUT2D eigenvalue weighted by Crippen LogP contribution is -2.45. The number of amides is 2. The number of carbonyl (C=O) groups excluding carboxylic acids is 1. The highest BCUT2D eigenvalue weighted by atomic mass is 32.2. The van der Waals surface area contributed by atoms with E-state index in [1.807, 2.05) is 0 Å². The molecule has 3 atom stereocenters. The number of rotatable bonds is 4. The molecule has 118 valence electrons. The normalized spacial score (nSPS) is 34.3.